The zero-order valence-electron chi connectivity index (χ0n) is 9.60. The maximum Gasteiger partial charge on any atom is 0.171 e. The first-order chi connectivity index (χ1) is 8.10. The number of oxime groups is 1. The number of hydrogen-bond donors (Lipinski definition) is 3. The molecule has 1 aromatic rings. The highest BCUT2D eigenvalue weighted by atomic mass is 79.9. The summed E-state index contributed by atoms with van der Waals surface area (Å²) in [6.07, 6.45) is 0.718. The molecular weight excluding hydrogens is 286 g/mol. The molecule has 0 radical (unpaired) electrons. The Hall–Kier alpha value is -1.27. The smallest absolute Gasteiger partial charge is 0.171 e. The summed E-state index contributed by atoms with van der Waals surface area (Å²) < 4.78 is 0.765. The van der Waals surface area contributed by atoms with Gasteiger partial charge in [-0.3, -0.25) is 0 Å². The van der Waals surface area contributed by atoms with Crippen molar-refractivity contribution in [2.45, 2.75) is 6.42 Å². The van der Waals surface area contributed by atoms with Gasteiger partial charge in [-0.15, -0.1) is 0 Å². The van der Waals surface area contributed by atoms with E-state index in [0.29, 0.717) is 5.56 Å². The van der Waals surface area contributed by atoms with Gasteiger partial charge in [0.1, 0.15) is 0 Å². The summed E-state index contributed by atoms with van der Waals surface area (Å²) in [4.78, 5) is 2.02. The lowest BCUT2D eigenvalue weighted by molar-refractivity contribution is 0.290. The van der Waals surface area contributed by atoms with Crippen LogP contribution in [-0.4, -0.2) is 36.3 Å². The normalized spacial score (nSPS) is 11.6. The van der Waals surface area contributed by atoms with Gasteiger partial charge in [-0.05, 0) is 40.5 Å². The third kappa shape index (κ3) is 3.61. The lowest BCUT2D eigenvalue weighted by atomic mass is 10.2. The average Bonchev–Trinajstić information content (AvgIpc) is 2.34. The van der Waals surface area contributed by atoms with Gasteiger partial charge < -0.3 is 20.9 Å². The molecule has 1 rings (SSSR count). The maximum atomic E-state index is 8.77. The number of nitrogens with zero attached hydrogens (tertiary/aromatic N) is 2. The molecule has 0 aromatic heterocycles. The van der Waals surface area contributed by atoms with Crippen LogP contribution in [0.1, 0.15) is 12.0 Å². The molecule has 0 atom stereocenters. The number of halogens is 1. The quantitative estimate of drug-likeness (QED) is 0.332. The van der Waals surface area contributed by atoms with Gasteiger partial charge in [0.25, 0.3) is 0 Å². The van der Waals surface area contributed by atoms with Crippen LogP contribution in [0.15, 0.2) is 27.8 Å². The first-order valence-corrected chi connectivity index (χ1v) is 5.99. The Morgan fingerprint density at radius 2 is 2.24 bits per heavy atom. The third-order valence-corrected chi connectivity index (χ3v) is 3.08. The van der Waals surface area contributed by atoms with Crippen molar-refractivity contribution in [2.75, 3.05) is 25.1 Å². The minimum atomic E-state index is 0.0708. The zero-order chi connectivity index (χ0) is 12.8. The highest BCUT2D eigenvalue weighted by Gasteiger charge is 2.08. The standard InChI is InChI=1S/C11H16BrN3O2/c1-15(5-2-6-16)8-3-4-9(10(12)7-8)11(13)14-17/h3-4,7,16-17H,2,5-6H2,1H3,(H2,13,14). The van der Waals surface area contributed by atoms with Crippen LogP contribution in [0.5, 0.6) is 0 Å². The highest BCUT2D eigenvalue weighted by Crippen LogP contribution is 2.23. The van der Waals surface area contributed by atoms with Crippen LogP contribution in [0, 0.1) is 0 Å². The second kappa shape index (κ2) is 6.46. The predicted molar refractivity (Wildman–Crippen MR) is 71.6 cm³/mol. The van der Waals surface area contributed by atoms with E-state index in [2.05, 4.69) is 21.1 Å². The molecule has 4 N–H and O–H groups in total. The van der Waals surface area contributed by atoms with E-state index in [1.165, 1.54) is 0 Å². The molecule has 0 aliphatic carbocycles. The van der Waals surface area contributed by atoms with E-state index >= 15 is 0 Å². The predicted octanol–water partition coefficient (Wildman–Crippen LogP) is 1.36. The topological polar surface area (TPSA) is 82.1 Å². The van der Waals surface area contributed by atoms with E-state index in [4.69, 9.17) is 16.0 Å². The number of amidine groups is 1. The van der Waals surface area contributed by atoms with Gasteiger partial charge >= 0.3 is 0 Å². The van der Waals surface area contributed by atoms with Crippen LogP contribution >= 0.6 is 15.9 Å². The lowest BCUT2D eigenvalue weighted by Crippen LogP contribution is -2.20. The van der Waals surface area contributed by atoms with Crippen molar-refractivity contribution >= 4 is 27.5 Å². The third-order valence-electron chi connectivity index (χ3n) is 2.43. The minimum absolute atomic E-state index is 0.0708. The second-order valence-corrected chi connectivity index (χ2v) is 4.50. The van der Waals surface area contributed by atoms with Gasteiger partial charge in [0.05, 0.1) is 0 Å². The molecule has 0 saturated carbocycles. The van der Waals surface area contributed by atoms with Crippen molar-refractivity contribution in [3.8, 4) is 0 Å². The summed E-state index contributed by atoms with van der Waals surface area (Å²) >= 11 is 3.38. The van der Waals surface area contributed by atoms with Gasteiger partial charge in [0.15, 0.2) is 5.84 Å². The first kappa shape index (κ1) is 13.8. The molecular formula is C11H16BrN3O2. The van der Waals surface area contributed by atoms with Crippen LogP contribution in [-0.2, 0) is 0 Å². The number of anilines is 1. The number of hydrogen-bond acceptors (Lipinski definition) is 4. The fourth-order valence-electron chi connectivity index (χ4n) is 1.44. The molecule has 5 nitrogen and oxygen atoms in total. The molecule has 0 bridgehead atoms. The van der Waals surface area contributed by atoms with Crippen molar-refractivity contribution in [3.63, 3.8) is 0 Å². The number of aliphatic hydroxyl groups is 1. The van der Waals surface area contributed by atoms with Crippen LogP contribution in [0.2, 0.25) is 0 Å². The molecule has 0 unspecified atom stereocenters. The van der Waals surface area contributed by atoms with Gasteiger partial charge in [0.2, 0.25) is 0 Å². The monoisotopic (exact) mass is 301 g/mol. The van der Waals surface area contributed by atoms with E-state index in [-0.39, 0.29) is 12.4 Å². The summed E-state index contributed by atoms with van der Waals surface area (Å²) in [6, 6.07) is 5.56. The molecule has 94 valence electrons. The minimum Gasteiger partial charge on any atom is -0.409 e. The number of nitrogens with two attached hydrogens (primary N) is 1. The molecule has 0 spiro atoms. The number of aliphatic hydroxyl groups excluding tert-OH is 1. The molecule has 0 aliphatic heterocycles. The summed E-state index contributed by atoms with van der Waals surface area (Å²) in [7, 11) is 1.95. The van der Waals surface area contributed by atoms with E-state index in [1.54, 1.807) is 6.07 Å². The second-order valence-electron chi connectivity index (χ2n) is 3.65. The van der Waals surface area contributed by atoms with E-state index in [1.807, 2.05) is 24.1 Å². The Bertz CT molecular complexity index is 410. The van der Waals surface area contributed by atoms with Crippen LogP contribution in [0.25, 0.3) is 0 Å². The fraction of sp³-hybridized carbons (Fsp3) is 0.364. The summed E-state index contributed by atoms with van der Waals surface area (Å²) in [5.41, 5.74) is 7.17. The number of rotatable bonds is 5. The molecule has 6 heteroatoms. The van der Waals surface area contributed by atoms with Crippen molar-refractivity contribution in [3.05, 3.63) is 28.2 Å². The number of benzene rings is 1. The maximum absolute atomic E-state index is 8.77. The van der Waals surface area contributed by atoms with Crippen molar-refractivity contribution in [2.24, 2.45) is 10.9 Å². The van der Waals surface area contributed by atoms with Gasteiger partial charge in [-0.25, -0.2) is 0 Å². The van der Waals surface area contributed by atoms with Crippen molar-refractivity contribution in [1.82, 2.24) is 0 Å². The highest BCUT2D eigenvalue weighted by molar-refractivity contribution is 9.10. The summed E-state index contributed by atoms with van der Waals surface area (Å²) in [5.74, 6) is 0.0708. The van der Waals surface area contributed by atoms with Crippen LogP contribution < -0.4 is 10.6 Å². The molecule has 0 heterocycles. The Labute approximate surface area is 109 Å². The SMILES string of the molecule is CN(CCCO)c1ccc(/C(N)=N/O)c(Br)c1. The van der Waals surface area contributed by atoms with E-state index in [0.717, 1.165) is 23.1 Å². The fourth-order valence-corrected chi connectivity index (χ4v) is 2.01. The average molecular weight is 302 g/mol. The van der Waals surface area contributed by atoms with Crippen molar-refractivity contribution in [1.29, 1.82) is 0 Å². The molecule has 0 saturated heterocycles. The zero-order valence-corrected chi connectivity index (χ0v) is 11.2. The largest absolute Gasteiger partial charge is 0.409 e. The molecule has 1 aromatic carbocycles. The van der Waals surface area contributed by atoms with Crippen LogP contribution in [0.4, 0.5) is 5.69 Å². The van der Waals surface area contributed by atoms with Gasteiger partial charge in [-0.1, -0.05) is 5.16 Å². The lowest BCUT2D eigenvalue weighted by Gasteiger charge is -2.19. The summed E-state index contributed by atoms with van der Waals surface area (Å²) in [5, 5.41) is 20.3. The van der Waals surface area contributed by atoms with Crippen molar-refractivity contribution < 1.29 is 10.3 Å². The molecule has 0 amide bonds. The molecule has 0 aliphatic rings. The molecule has 17 heavy (non-hydrogen) atoms. The van der Waals surface area contributed by atoms with E-state index in [9.17, 15) is 0 Å². The first-order valence-electron chi connectivity index (χ1n) is 5.19. The van der Waals surface area contributed by atoms with Gasteiger partial charge in [0, 0.05) is 35.9 Å². The van der Waals surface area contributed by atoms with Gasteiger partial charge in [-0.2, -0.15) is 0 Å². The Morgan fingerprint density at radius 1 is 1.53 bits per heavy atom. The Morgan fingerprint density at radius 3 is 2.76 bits per heavy atom. The Kier molecular flexibility index (Phi) is 5.24. The van der Waals surface area contributed by atoms with E-state index < -0.39 is 0 Å². The van der Waals surface area contributed by atoms with Crippen LogP contribution in [0.3, 0.4) is 0 Å². The Balaban J connectivity index is 2.88. The summed E-state index contributed by atoms with van der Waals surface area (Å²) in [6.45, 7) is 0.944. The molecule has 0 fully saturated rings.